The molecule has 3 aliphatic rings. The van der Waals surface area contributed by atoms with E-state index in [1.807, 2.05) is 4.58 Å². The maximum absolute atomic E-state index is 13.1. The number of urea groups is 1. The van der Waals surface area contributed by atoms with Crippen molar-refractivity contribution in [1.29, 1.82) is 0 Å². The molecular weight excluding hydrogens is 366 g/mol. The average Bonchev–Trinajstić information content (AvgIpc) is 3.14. The number of fused-ring (bicyclic) bond motifs is 2. The standard InChI is InChI=1S/C22H28N5O2/c1-4-6-8-16-9-11-17(12-10-16)25-14-7-15-26-18-19(23-21(25)26)24(3)22(29)27(13-5-2)20(18)28/h5,9-12,18H,2,4,6-8,13-15H2,1,3H3/q+1. The molecule has 1 unspecified atom stereocenters. The number of hydrogen-bond acceptors (Lipinski definition) is 4. The first-order valence-corrected chi connectivity index (χ1v) is 10.4. The number of carbonyl (C=O) groups is 2. The summed E-state index contributed by atoms with van der Waals surface area (Å²) >= 11 is 0. The molecule has 0 spiro atoms. The van der Waals surface area contributed by atoms with E-state index in [2.05, 4.69) is 42.7 Å². The Morgan fingerprint density at radius 3 is 2.72 bits per heavy atom. The Kier molecular flexibility index (Phi) is 5.22. The lowest BCUT2D eigenvalue weighted by molar-refractivity contribution is -0.539. The molecule has 0 aliphatic carbocycles. The van der Waals surface area contributed by atoms with Crippen LogP contribution in [0.3, 0.4) is 0 Å². The molecule has 0 N–H and O–H groups in total. The van der Waals surface area contributed by atoms with E-state index >= 15 is 0 Å². The first kappa shape index (κ1) is 19.4. The van der Waals surface area contributed by atoms with Crippen LogP contribution in [0.4, 0.5) is 10.5 Å². The summed E-state index contributed by atoms with van der Waals surface area (Å²) in [5.74, 6) is 1.05. The summed E-state index contributed by atoms with van der Waals surface area (Å²) in [5.41, 5.74) is 2.40. The van der Waals surface area contributed by atoms with E-state index in [-0.39, 0.29) is 18.5 Å². The lowest BCUT2D eigenvalue weighted by Gasteiger charge is -2.34. The smallest absolute Gasteiger partial charge is 0.270 e. The number of guanidine groups is 1. The highest BCUT2D eigenvalue weighted by molar-refractivity contribution is 6.24. The van der Waals surface area contributed by atoms with Gasteiger partial charge in [-0.25, -0.2) is 14.3 Å². The van der Waals surface area contributed by atoms with Crippen LogP contribution in [-0.2, 0) is 11.2 Å². The number of unbranched alkanes of at least 4 members (excludes halogenated alkanes) is 1. The van der Waals surface area contributed by atoms with E-state index in [0.29, 0.717) is 5.84 Å². The van der Waals surface area contributed by atoms with Crippen molar-refractivity contribution in [1.82, 2.24) is 9.80 Å². The Hall–Kier alpha value is -2.96. The molecule has 1 aromatic carbocycles. The second-order valence-corrected chi connectivity index (χ2v) is 7.72. The molecule has 0 bridgehead atoms. The quantitative estimate of drug-likeness (QED) is 0.550. The zero-order valence-corrected chi connectivity index (χ0v) is 17.2. The van der Waals surface area contributed by atoms with E-state index in [0.717, 1.165) is 37.6 Å². The highest BCUT2D eigenvalue weighted by atomic mass is 16.2. The van der Waals surface area contributed by atoms with E-state index in [9.17, 15) is 9.59 Å². The number of amidine groups is 1. The van der Waals surface area contributed by atoms with Gasteiger partial charge in [0.2, 0.25) is 11.9 Å². The number of rotatable bonds is 6. The predicted molar refractivity (Wildman–Crippen MR) is 113 cm³/mol. The van der Waals surface area contributed by atoms with Crippen LogP contribution in [0.2, 0.25) is 0 Å². The number of anilines is 1. The minimum Gasteiger partial charge on any atom is -0.270 e. The van der Waals surface area contributed by atoms with E-state index in [1.54, 1.807) is 13.1 Å². The monoisotopic (exact) mass is 394 g/mol. The van der Waals surface area contributed by atoms with Gasteiger partial charge in [-0.1, -0.05) is 36.5 Å². The van der Waals surface area contributed by atoms with Crippen molar-refractivity contribution in [2.75, 3.05) is 31.6 Å². The van der Waals surface area contributed by atoms with Crippen LogP contribution in [0.25, 0.3) is 0 Å². The van der Waals surface area contributed by atoms with Gasteiger partial charge in [0.15, 0.2) is 0 Å². The summed E-state index contributed by atoms with van der Waals surface area (Å²) < 4.78 is 2.03. The summed E-state index contributed by atoms with van der Waals surface area (Å²) in [6, 6.07) is 7.71. The fourth-order valence-corrected chi connectivity index (χ4v) is 4.21. The van der Waals surface area contributed by atoms with Crippen LogP contribution in [0.5, 0.6) is 0 Å². The molecular formula is C22H28N5O2+. The Morgan fingerprint density at radius 1 is 1.28 bits per heavy atom. The van der Waals surface area contributed by atoms with Gasteiger partial charge in [-0.3, -0.25) is 14.6 Å². The van der Waals surface area contributed by atoms with Crippen molar-refractivity contribution < 1.29 is 14.2 Å². The summed E-state index contributed by atoms with van der Waals surface area (Å²) in [6.07, 6.45) is 5.96. The van der Waals surface area contributed by atoms with Crippen molar-refractivity contribution >= 4 is 29.4 Å². The summed E-state index contributed by atoms with van der Waals surface area (Å²) in [6.45, 7) is 7.66. The molecule has 0 radical (unpaired) electrons. The highest BCUT2D eigenvalue weighted by Gasteiger charge is 2.54. The SMILES string of the molecule is C=CCN1C(=O)C2C(=NC3=[N+]2CCCN3c2ccc(CCCC)cc2)N(C)C1=O. The largest absolute Gasteiger partial charge is 0.397 e. The molecule has 0 saturated carbocycles. The van der Waals surface area contributed by atoms with Crippen LogP contribution >= 0.6 is 0 Å². The number of carbonyl (C=O) groups excluding carboxylic acids is 2. The van der Waals surface area contributed by atoms with Gasteiger partial charge in [-0.05, 0) is 30.5 Å². The van der Waals surface area contributed by atoms with Crippen LogP contribution < -0.4 is 4.90 Å². The highest BCUT2D eigenvalue weighted by Crippen LogP contribution is 2.27. The Balaban J connectivity index is 1.66. The van der Waals surface area contributed by atoms with E-state index in [1.165, 1.54) is 28.2 Å². The molecule has 7 nitrogen and oxygen atoms in total. The third-order valence-electron chi connectivity index (χ3n) is 5.79. The first-order chi connectivity index (χ1) is 14.1. The molecule has 29 heavy (non-hydrogen) atoms. The Morgan fingerprint density at radius 2 is 2.03 bits per heavy atom. The second-order valence-electron chi connectivity index (χ2n) is 7.72. The molecule has 3 amide bonds. The second kappa shape index (κ2) is 7.81. The zero-order valence-electron chi connectivity index (χ0n) is 17.2. The fraction of sp³-hybridized carbons (Fsp3) is 0.455. The summed E-state index contributed by atoms with van der Waals surface area (Å²) in [5, 5.41) is 0. The molecule has 1 fully saturated rings. The third kappa shape index (κ3) is 3.24. The number of amides is 3. The van der Waals surface area contributed by atoms with Gasteiger partial charge in [-0.2, -0.15) is 0 Å². The van der Waals surface area contributed by atoms with Crippen LogP contribution in [0.1, 0.15) is 31.7 Å². The third-order valence-corrected chi connectivity index (χ3v) is 5.79. The number of hydrogen-bond donors (Lipinski definition) is 0. The van der Waals surface area contributed by atoms with Crippen molar-refractivity contribution in [3.8, 4) is 0 Å². The van der Waals surface area contributed by atoms with Crippen molar-refractivity contribution in [2.45, 2.75) is 38.6 Å². The molecule has 1 saturated heterocycles. The maximum Gasteiger partial charge on any atom is 0.397 e. The summed E-state index contributed by atoms with van der Waals surface area (Å²) in [4.78, 5) is 35.3. The normalized spacial score (nSPS) is 21.4. The van der Waals surface area contributed by atoms with E-state index in [4.69, 9.17) is 4.99 Å². The fourth-order valence-electron chi connectivity index (χ4n) is 4.21. The van der Waals surface area contributed by atoms with Crippen LogP contribution in [0, 0.1) is 0 Å². The number of imide groups is 1. The number of nitrogens with zero attached hydrogens (tertiary/aromatic N) is 5. The Bertz CT molecular complexity index is 902. The molecule has 1 atom stereocenters. The maximum atomic E-state index is 13.1. The number of aryl methyl sites for hydroxylation is 1. The van der Waals surface area contributed by atoms with Gasteiger partial charge in [0, 0.05) is 20.0 Å². The van der Waals surface area contributed by atoms with Gasteiger partial charge in [0.05, 0.1) is 13.1 Å². The predicted octanol–water partition coefficient (Wildman–Crippen LogP) is 2.47. The van der Waals surface area contributed by atoms with Gasteiger partial charge < -0.3 is 0 Å². The number of aliphatic imine (C=N–C) groups is 1. The van der Waals surface area contributed by atoms with Gasteiger partial charge >= 0.3 is 12.0 Å². The first-order valence-electron chi connectivity index (χ1n) is 10.4. The molecule has 4 rings (SSSR count). The van der Waals surface area contributed by atoms with Crippen molar-refractivity contribution in [3.63, 3.8) is 0 Å². The molecule has 7 heteroatoms. The van der Waals surface area contributed by atoms with Crippen LogP contribution in [0.15, 0.2) is 41.9 Å². The minimum absolute atomic E-state index is 0.206. The van der Waals surface area contributed by atoms with Gasteiger partial charge in [0.25, 0.3) is 5.91 Å². The molecule has 3 aliphatic heterocycles. The molecule has 152 valence electrons. The number of benzene rings is 1. The lowest BCUT2D eigenvalue weighted by atomic mass is 10.1. The summed E-state index contributed by atoms with van der Waals surface area (Å²) in [7, 11) is 1.68. The van der Waals surface area contributed by atoms with Crippen molar-refractivity contribution in [2.24, 2.45) is 4.99 Å². The van der Waals surface area contributed by atoms with Gasteiger partial charge in [0.1, 0.15) is 5.69 Å². The van der Waals surface area contributed by atoms with Crippen LogP contribution in [-0.4, -0.2) is 70.8 Å². The topological polar surface area (TPSA) is 59.2 Å². The average molecular weight is 394 g/mol. The zero-order chi connectivity index (χ0) is 20.5. The molecule has 3 heterocycles. The Labute approximate surface area is 171 Å². The minimum atomic E-state index is -0.542. The molecule has 1 aromatic rings. The van der Waals surface area contributed by atoms with Crippen molar-refractivity contribution in [3.05, 3.63) is 42.5 Å². The van der Waals surface area contributed by atoms with Gasteiger partial charge in [-0.15, -0.1) is 6.58 Å². The van der Waals surface area contributed by atoms with E-state index < -0.39 is 6.04 Å². The molecule has 0 aromatic heterocycles. The number of likely N-dealkylation sites (N-methyl/N-ethyl adjacent to an activating group) is 1. The lowest BCUT2D eigenvalue weighted by Crippen LogP contribution is -2.63.